The zero-order valence-corrected chi connectivity index (χ0v) is 16.4. The number of benzene rings is 1. The summed E-state index contributed by atoms with van der Waals surface area (Å²) >= 11 is 7.87. The number of nitrogens with zero attached hydrogens (tertiary/aromatic N) is 2. The third-order valence-corrected chi connectivity index (χ3v) is 6.12. The number of nitrogens with two attached hydrogens (primary N) is 1. The average Bonchev–Trinajstić information content (AvgIpc) is 3.06. The molecule has 2 aliphatic heterocycles. The van der Waals surface area contributed by atoms with Crippen LogP contribution in [0, 0.1) is 0 Å². The fourth-order valence-corrected chi connectivity index (χ4v) is 4.83. The summed E-state index contributed by atoms with van der Waals surface area (Å²) in [5.74, 6) is 0.434. The average molecular weight is 404 g/mol. The SMILES string of the molecule is NC(=O)CN1Cc2sc(-c3cccc(Cl)c3)cc2C(NC2CCCNC2)=N1. The van der Waals surface area contributed by atoms with E-state index in [0.717, 1.165) is 52.8 Å². The molecule has 4 rings (SSSR count). The number of amides is 1. The van der Waals surface area contributed by atoms with Crippen LogP contribution in [0.3, 0.4) is 0 Å². The van der Waals surface area contributed by atoms with E-state index in [2.05, 4.69) is 27.9 Å². The summed E-state index contributed by atoms with van der Waals surface area (Å²) < 4.78 is 0. The summed E-state index contributed by atoms with van der Waals surface area (Å²) in [5.41, 5.74) is 7.58. The second kappa shape index (κ2) is 7.88. The summed E-state index contributed by atoms with van der Waals surface area (Å²) in [6.45, 7) is 2.66. The zero-order chi connectivity index (χ0) is 18.8. The summed E-state index contributed by atoms with van der Waals surface area (Å²) in [4.78, 5) is 13.7. The number of nitrogens with one attached hydrogen (secondary N) is 2. The van der Waals surface area contributed by atoms with Crippen LogP contribution in [0.25, 0.3) is 10.4 Å². The normalized spacial score (nSPS) is 19.4. The number of fused-ring (bicyclic) bond motifs is 1. The van der Waals surface area contributed by atoms with Gasteiger partial charge in [0.05, 0.1) is 6.54 Å². The number of hydrazone groups is 1. The smallest absolute Gasteiger partial charge is 0.238 e. The van der Waals surface area contributed by atoms with Crippen LogP contribution < -0.4 is 16.4 Å². The zero-order valence-electron chi connectivity index (χ0n) is 14.9. The number of hydrogen-bond acceptors (Lipinski definition) is 6. The van der Waals surface area contributed by atoms with Crippen LogP contribution >= 0.6 is 22.9 Å². The molecule has 27 heavy (non-hydrogen) atoms. The molecule has 3 heterocycles. The maximum absolute atomic E-state index is 11.4. The van der Waals surface area contributed by atoms with E-state index in [1.54, 1.807) is 16.3 Å². The number of hydrogen-bond donors (Lipinski definition) is 3. The summed E-state index contributed by atoms with van der Waals surface area (Å²) in [7, 11) is 0. The van der Waals surface area contributed by atoms with E-state index >= 15 is 0 Å². The van der Waals surface area contributed by atoms with Gasteiger partial charge >= 0.3 is 0 Å². The van der Waals surface area contributed by atoms with Crippen molar-refractivity contribution in [1.82, 2.24) is 15.6 Å². The number of halogens is 1. The maximum atomic E-state index is 11.4. The third kappa shape index (κ3) is 4.26. The fourth-order valence-electron chi connectivity index (χ4n) is 3.47. The fraction of sp³-hybridized carbons (Fsp3) is 0.368. The number of amidine groups is 1. The van der Waals surface area contributed by atoms with Crippen LogP contribution in [-0.2, 0) is 11.3 Å². The number of thiophene rings is 1. The molecule has 142 valence electrons. The Morgan fingerprint density at radius 2 is 2.33 bits per heavy atom. The Bertz CT molecular complexity index is 875. The first kappa shape index (κ1) is 18.3. The first-order valence-corrected chi connectivity index (χ1v) is 10.3. The Morgan fingerprint density at radius 1 is 1.44 bits per heavy atom. The third-order valence-electron chi connectivity index (χ3n) is 4.72. The minimum atomic E-state index is -0.382. The van der Waals surface area contributed by atoms with Crippen molar-refractivity contribution in [2.45, 2.75) is 25.4 Å². The second-order valence-electron chi connectivity index (χ2n) is 6.88. The molecule has 2 aromatic rings. The molecule has 0 spiro atoms. The highest BCUT2D eigenvalue weighted by molar-refractivity contribution is 7.15. The minimum absolute atomic E-state index is 0.109. The van der Waals surface area contributed by atoms with E-state index in [0.29, 0.717) is 12.6 Å². The van der Waals surface area contributed by atoms with E-state index in [-0.39, 0.29) is 12.5 Å². The van der Waals surface area contributed by atoms with Gasteiger partial charge in [-0.25, -0.2) is 0 Å². The van der Waals surface area contributed by atoms with Gasteiger partial charge in [-0.2, -0.15) is 5.10 Å². The van der Waals surface area contributed by atoms with Crippen molar-refractivity contribution in [2.24, 2.45) is 10.8 Å². The highest BCUT2D eigenvalue weighted by Crippen LogP contribution is 2.35. The lowest BCUT2D eigenvalue weighted by Gasteiger charge is -2.29. The van der Waals surface area contributed by atoms with Gasteiger partial charge in [0.1, 0.15) is 6.54 Å². The molecule has 4 N–H and O–H groups in total. The van der Waals surface area contributed by atoms with E-state index in [9.17, 15) is 4.79 Å². The lowest BCUT2D eigenvalue weighted by atomic mass is 10.1. The van der Waals surface area contributed by atoms with Crippen molar-refractivity contribution in [3.63, 3.8) is 0 Å². The van der Waals surface area contributed by atoms with Gasteiger partial charge in [0.2, 0.25) is 5.91 Å². The lowest BCUT2D eigenvalue weighted by molar-refractivity contribution is -0.119. The molecule has 0 saturated carbocycles. The molecule has 1 saturated heterocycles. The molecule has 6 nitrogen and oxygen atoms in total. The van der Waals surface area contributed by atoms with Crippen molar-refractivity contribution in [3.8, 4) is 10.4 Å². The molecule has 1 fully saturated rings. The van der Waals surface area contributed by atoms with Gasteiger partial charge in [-0.1, -0.05) is 23.7 Å². The molecule has 8 heteroatoms. The molecule has 2 aliphatic rings. The first-order chi connectivity index (χ1) is 13.1. The molecule has 1 aromatic heterocycles. The first-order valence-electron chi connectivity index (χ1n) is 9.06. The van der Waals surface area contributed by atoms with Crippen molar-refractivity contribution in [1.29, 1.82) is 0 Å². The topological polar surface area (TPSA) is 82.8 Å². The monoisotopic (exact) mass is 403 g/mol. The predicted molar refractivity (Wildman–Crippen MR) is 110 cm³/mol. The van der Waals surface area contributed by atoms with E-state index in [4.69, 9.17) is 17.3 Å². The van der Waals surface area contributed by atoms with Crippen LogP contribution in [0.5, 0.6) is 0 Å². The summed E-state index contributed by atoms with van der Waals surface area (Å²) in [6.07, 6.45) is 2.24. The van der Waals surface area contributed by atoms with Crippen LogP contribution in [0.1, 0.15) is 23.3 Å². The largest absolute Gasteiger partial charge is 0.368 e. The van der Waals surface area contributed by atoms with Crippen LogP contribution in [0.4, 0.5) is 0 Å². The highest BCUT2D eigenvalue weighted by atomic mass is 35.5. The van der Waals surface area contributed by atoms with E-state index in [1.807, 2.05) is 18.2 Å². The number of primary amides is 1. The molecule has 1 amide bonds. The van der Waals surface area contributed by atoms with Crippen LogP contribution in [0.15, 0.2) is 35.4 Å². The molecule has 0 radical (unpaired) electrons. The van der Waals surface area contributed by atoms with Crippen LogP contribution in [0.2, 0.25) is 5.02 Å². The number of piperidine rings is 1. The summed E-state index contributed by atoms with van der Waals surface area (Å²) in [5, 5.41) is 14.1. The Labute approximate surface area is 167 Å². The van der Waals surface area contributed by atoms with Gasteiger partial charge in [-0.15, -0.1) is 11.3 Å². The second-order valence-corrected chi connectivity index (χ2v) is 8.46. The van der Waals surface area contributed by atoms with Gasteiger partial charge in [0.25, 0.3) is 0 Å². The molecule has 1 unspecified atom stereocenters. The van der Waals surface area contributed by atoms with Gasteiger partial charge in [-0.3, -0.25) is 9.80 Å². The molecule has 1 aromatic carbocycles. The van der Waals surface area contributed by atoms with Crippen molar-refractivity contribution >= 4 is 34.7 Å². The van der Waals surface area contributed by atoms with Gasteiger partial charge in [-0.05, 0) is 43.1 Å². The van der Waals surface area contributed by atoms with Gasteiger partial charge in [0.15, 0.2) is 5.84 Å². The minimum Gasteiger partial charge on any atom is -0.368 e. The van der Waals surface area contributed by atoms with Gasteiger partial charge < -0.3 is 16.4 Å². The molecule has 1 atom stereocenters. The highest BCUT2D eigenvalue weighted by Gasteiger charge is 2.25. The number of rotatable bonds is 4. The van der Waals surface area contributed by atoms with Crippen molar-refractivity contribution in [3.05, 3.63) is 45.8 Å². The Hall–Kier alpha value is -2.09. The molecule has 0 aliphatic carbocycles. The Kier molecular flexibility index (Phi) is 5.33. The Balaban J connectivity index is 1.65. The van der Waals surface area contributed by atoms with Gasteiger partial charge in [0, 0.05) is 32.9 Å². The van der Waals surface area contributed by atoms with Crippen molar-refractivity contribution in [2.75, 3.05) is 19.6 Å². The number of carbonyl (C=O) groups excluding carboxylic acids is 1. The lowest BCUT2D eigenvalue weighted by Crippen LogP contribution is -2.47. The molecule has 0 bridgehead atoms. The maximum Gasteiger partial charge on any atom is 0.238 e. The quantitative estimate of drug-likeness (QED) is 0.731. The van der Waals surface area contributed by atoms with Crippen molar-refractivity contribution < 1.29 is 4.79 Å². The van der Waals surface area contributed by atoms with Crippen LogP contribution in [-0.4, -0.2) is 42.4 Å². The summed E-state index contributed by atoms with van der Waals surface area (Å²) in [6, 6.07) is 10.3. The molecular formula is C19H22ClN5OS. The van der Waals surface area contributed by atoms with E-state index in [1.165, 1.54) is 4.88 Å². The Morgan fingerprint density at radius 3 is 3.07 bits per heavy atom. The number of carbonyl (C=O) groups is 1. The molecular weight excluding hydrogens is 382 g/mol. The predicted octanol–water partition coefficient (Wildman–Crippen LogP) is 2.37. The standard InChI is InChI=1S/C19H22ClN5OS/c20-13-4-1-3-12(7-13)16-8-15-17(27-16)10-25(11-18(21)26)24-19(15)23-14-5-2-6-22-9-14/h1,3-4,7-8,14,22H,2,5-6,9-11H2,(H2,21,26)(H,23,24). The van der Waals surface area contributed by atoms with E-state index < -0.39 is 0 Å².